The number of pyridine rings is 1. The van der Waals surface area contributed by atoms with Crippen LogP contribution in [0.5, 0.6) is 0 Å². The van der Waals surface area contributed by atoms with Crippen LogP contribution in [0.4, 0.5) is 11.4 Å². The van der Waals surface area contributed by atoms with Gasteiger partial charge in [-0.2, -0.15) is 0 Å². The van der Waals surface area contributed by atoms with E-state index >= 15 is 0 Å². The van der Waals surface area contributed by atoms with E-state index in [0.717, 1.165) is 28.9 Å². The van der Waals surface area contributed by atoms with E-state index in [2.05, 4.69) is 19.2 Å². The number of fused-ring (bicyclic) bond motifs is 2. The van der Waals surface area contributed by atoms with Crippen molar-refractivity contribution in [3.63, 3.8) is 0 Å². The van der Waals surface area contributed by atoms with E-state index in [1.807, 2.05) is 38.1 Å². The Morgan fingerprint density at radius 1 is 1.21 bits per heavy atom. The largest absolute Gasteiger partial charge is 0.397 e. The minimum Gasteiger partial charge on any atom is -0.397 e. The molecule has 1 aromatic carbocycles. The summed E-state index contributed by atoms with van der Waals surface area (Å²) in [5.74, 6) is -0.157. The second-order valence-electron chi connectivity index (χ2n) is 8.34. The zero-order valence-corrected chi connectivity index (χ0v) is 17.3. The monoisotopic (exact) mass is 393 g/mol. The first kappa shape index (κ1) is 18.6. The van der Waals surface area contributed by atoms with Crippen LogP contribution >= 0.6 is 11.3 Å². The quantitative estimate of drug-likeness (QED) is 0.648. The van der Waals surface area contributed by atoms with Gasteiger partial charge in [-0.15, -0.1) is 11.3 Å². The third-order valence-corrected chi connectivity index (χ3v) is 6.43. The van der Waals surface area contributed by atoms with E-state index in [0.29, 0.717) is 32.8 Å². The predicted octanol–water partition coefficient (Wildman–Crippen LogP) is 4.90. The molecule has 0 saturated carbocycles. The Labute approximate surface area is 168 Å². The summed E-state index contributed by atoms with van der Waals surface area (Å²) in [4.78, 5) is 31.3. The summed E-state index contributed by atoms with van der Waals surface area (Å²) < 4.78 is 0. The average Bonchev–Trinajstić information content (AvgIpc) is 2.92. The third-order valence-electron chi connectivity index (χ3n) is 5.31. The summed E-state index contributed by atoms with van der Waals surface area (Å²) >= 11 is 1.28. The first-order valence-corrected chi connectivity index (χ1v) is 10.1. The topological polar surface area (TPSA) is 85.1 Å². The molecule has 0 saturated heterocycles. The zero-order chi connectivity index (χ0) is 20.2. The van der Waals surface area contributed by atoms with Crippen molar-refractivity contribution in [2.24, 2.45) is 5.41 Å². The number of carbonyl (C=O) groups excluding carboxylic acids is 2. The highest BCUT2D eigenvalue weighted by atomic mass is 32.1. The predicted molar refractivity (Wildman–Crippen MR) is 114 cm³/mol. The number of nitrogens with zero attached hydrogens (tertiary/aromatic N) is 1. The van der Waals surface area contributed by atoms with Crippen molar-refractivity contribution in [1.29, 1.82) is 0 Å². The number of nitrogen functional groups attached to an aromatic ring is 1. The van der Waals surface area contributed by atoms with Crippen LogP contribution in [-0.2, 0) is 6.42 Å². The van der Waals surface area contributed by atoms with Gasteiger partial charge in [0.2, 0.25) is 0 Å². The molecule has 2 heterocycles. The number of hydrogen-bond acceptors (Lipinski definition) is 5. The Hall–Kier alpha value is -2.73. The Morgan fingerprint density at radius 3 is 2.57 bits per heavy atom. The molecule has 5 nitrogen and oxygen atoms in total. The lowest BCUT2D eigenvalue weighted by molar-refractivity contribution is 0.0910. The fraction of sp³-hybridized carbons (Fsp3) is 0.318. The van der Waals surface area contributed by atoms with Gasteiger partial charge in [-0.25, -0.2) is 4.98 Å². The minimum absolute atomic E-state index is 0.0905. The summed E-state index contributed by atoms with van der Waals surface area (Å²) in [5.41, 5.74) is 10.8. The van der Waals surface area contributed by atoms with Crippen LogP contribution in [0.15, 0.2) is 24.3 Å². The van der Waals surface area contributed by atoms with E-state index in [9.17, 15) is 9.59 Å². The molecular formula is C22H23N3O2S. The standard InChI is InChI=1S/C22H23N3O2S/c1-11-6-5-7-12(2)18(11)25-20(27)19-17(23)14-8-13-15(24-21(14)28-19)9-22(3,4)10-16(13)26/h5-8H,9-10,23H2,1-4H3,(H,25,27). The Bertz CT molecular complexity index is 1120. The maximum absolute atomic E-state index is 12.9. The number of aromatic nitrogens is 1. The summed E-state index contributed by atoms with van der Waals surface area (Å²) in [7, 11) is 0. The molecule has 0 spiro atoms. The van der Waals surface area contributed by atoms with Gasteiger partial charge in [0.15, 0.2) is 5.78 Å². The lowest BCUT2D eigenvalue weighted by atomic mass is 9.75. The van der Waals surface area contributed by atoms with E-state index in [4.69, 9.17) is 10.7 Å². The summed E-state index contributed by atoms with van der Waals surface area (Å²) in [6, 6.07) is 7.69. The number of para-hydroxylation sites is 1. The van der Waals surface area contributed by atoms with Crippen LogP contribution in [0.25, 0.3) is 10.2 Å². The van der Waals surface area contributed by atoms with E-state index in [-0.39, 0.29) is 17.1 Å². The number of anilines is 2. The number of aryl methyl sites for hydroxylation is 2. The highest BCUT2D eigenvalue weighted by Crippen LogP contribution is 2.39. The van der Waals surface area contributed by atoms with E-state index in [1.165, 1.54) is 11.3 Å². The molecule has 0 unspecified atom stereocenters. The van der Waals surface area contributed by atoms with Gasteiger partial charge in [-0.05, 0) is 42.9 Å². The molecule has 1 aliphatic rings. The van der Waals surface area contributed by atoms with Crippen molar-refractivity contribution in [3.8, 4) is 0 Å². The van der Waals surface area contributed by atoms with Crippen LogP contribution in [0.2, 0.25) is 0 Å². The molecule has 2 aromatic heterocycles. The fourth-order valence-electron chi connectivity index (χ4n) is 3.85. The van der Waals surface area contributed by atoms with Gasteiger partial charge in [0.1, 0.15) is 9.71 Å². The van der Waals surface area contributed by atoms with Gasteiger partial charge in [0.05, 0.1) is 11.4 Å². The van der Waals surface area contributed by atoms with Crippen LogP contribution in [-0.4, -0.2) is 16.7 Å². The highest BCUT2D eigenvalue weighted by Gasteiger charge is 2.33. The second-order valence-corrected chi connectivity index (χ2v) is 9.34. The maximum Gasteiger partial charge on any atom is 0.267 e. The van der Waals surface area contributed by atoms with Crippen molar-refractivity contribution >= 4 is 44.6 Å². The lowest BCUT2D eigenvalue weighted by Gasteiger charge is -2.29. The van der Waals surface area contributed by atoms with Crippen molar-refractivity contribution < 1.29 is 9.59 Å². The summed E-state index contributed by atoms with van der Waals surface area (Å²) in [5, 5.41) is 3.67. The molecule has 1 aliphatic carbocycles. The molecule has 28 heavy (non-hydrogen) atoms. The van der Waals surface area contributed by atoms with Gasteiger partial charge in [-0.3, -0.25) is 9.59 Å². The Kier molecular flexibility index (Phi) is 4.27. The Balaban J connectivity index is 1.76. The maximum atomic E-state index is 12.9. The Morgan fingerprint density at radius 2 is 1.89 bits per heavy atom. The van der Waals surface area contributed by atoms with E-state index < -0.39 is 0 Å². The number of amides is 1. The highest BCUT2D eigenvalue weighted by molar-refractivity contribution is 7.21. The summed E-state index contributed by atoms with van der Waals surface area (Å²) in [6.45, 7) is 8.07. The average molecular weight is 394 g/mol. The van der Waals surface area contributed by atoms with Crippen LogP contribution < -0.4 is 11.1 Å². The first-order valence-electron chi connectivity index (χ1n) is 9.29. The van der Waals surface area contributed by atoms with Gasteiger partial charge in [-0.1, -0.05) is 32.0 Å². The number of nitrogens with one attached hydrogen (secondary N) is 1. The van der Waals surface area contributed by atoms with Crippen molar-refractivity contribution in [3.05, 3.63) is 51.5 Å². The van der Waals surface area contributed by atoms with Gasteiger partial charge < -0.3 is 11.1 Å². The number of carbonyl (C=O) groups is 2. The molecule has 144 valence electrons. The molecule has 0 atom stereocenters. The molecule has 4 rings (SSSR count). The number of ketones is 1. The number of nitrogens with two attached hydrogens (primary N) is 1. The van der Waals surface area contributed by atoms with Crippen LogP contribution in [0, 0.1) is 19.3 Å². The fourth-order valence-corrected chi connectivity index (χ4v) is 4.84. The minimum atomic E-state index is -0.248. The van der Waals surface area contributed by atoms with Crippen LogP contribution in [0.3, 0.4) is 0 Å². The number of thiophene rings is 1. The molecule has 0 radical (unpaired) electrons. The smallest absolute Gasteiger partial charge is 0.267 e. The number of benzene rings is 1. The first-order chi connectivity index (χ1) is 13.2. The SMILES string of the molecule is Cc1cccc(C)c1NC(=O)c1sc2nc3c(cc2c1N)C(=O)CC(C)(C)C3. The lowest BCUT2D eigenvalue weighted by Crippen LogP contribution is -2.27. The number of Topliss-reactive ketones (excluding diaryl/α,β-unsaturated/α-hetero) is 1. The molecule has 1 amide bonds. The van der Waals surface area contributed by atoms with Crippen molar-refractivity contribution in [1.82, 2.24) is 4.98 Å². The summed E-state index contributed by atoms with van der Waals surface area (Å²) in [6.07, 6.45) is 1.24. The normalized spacial score (nSPS) is 15.5. The second kappa shape index (κ2) is 6.41. The molecule has 0 aliphatic heterocycles. The zero-order valence-electron chi connectivity index (χ0n) is 16.5. The molecule has 3 aromatic rings. The molecule has 6 heteroatoms. The van der Waals surface area contributed by atoms with Crippen LogP contribution in [0.1, 0.15) is 57.1 Å². The number of rotatable bonds is 2. The van der Waals surface area contributed by atoms with Crippen molar-refractivity contribution in [2.75, 3.05) is 11.1 Å². The van der Waals surface area contributed by atoms with E-state index in [1.54, 1.807) is 0 Å². The molecule has 0 bridgehead atoms. The molecular weight excluding hydrogens is 370 g/mol. The van der Waals surface area contributed by atoms with Gasteiger partial charge in [0.25, 0.3) is 5.91 Å². The van der Waals surface area contributed by atoms with Crippen molar-refractivity contribution in [2.45, 2.75) is 40.5 Å². The number of hydrogen-bond donors (Lipinski definition) is 2. The molecule has 3 N–H and O–H groups in total. The van der Waals surface area contributed by atoms with Gasteiger partial charge in [0, 0.05) is 23.1 Å². The van der Waals surface area contributed by atoms with Gasteiger partial charge >= 0.3 is 0 Å². The molecule has 0 fully saturated rings. The third kappa shape index (κ3) is 3.07.